The van der Waals surface area contributed by atoms with Crippen LogP contribution in [0.4, 0.5) is 0 Å². The molecule has 0 unspecified atom stereocenters. The van der Waals surface area contributed by atoms with Gasteiger partial charge in [-0.3, -0.25) is 4.79 Å². The van der Waals surface area contributed by atoms with Gasteiger partial charge in [-0.05, 0) is 32.1 Å². The smallest absolute Gasteiger partial charge is 0.326 e. The molecule has 0 bridgehead atoms. The SMILES string of the molecule is N#CC1(C(=O)OC2CC2)CCC1. The lowest BCUT2D eigenvalue weighted by Crippen LogP contribution is -2.38. The monoisotopic (exact) mass is 165 g/mol. The Labute approximate surface area is 71.3 Å². The van der Waals surface area contributed by atoms with E-state index in [-0.39, 0.29) is 12.1 Å². The van der Waals surface area contributed by atoms with Gasteiger partial charge >= 0.3 is 5.97 Å². The molecule has 0 saturated heterocycles. The van der Waals surface area contributed by atoms with Crippen LogP contribution in [0.1, 0.15) is 32.1 Å². The molecule has 0 heterocycles. The normalized spacial score (nSPS) is 25.2. The molecule has 2 rings (SSSR count). The van der Waals surface area contributed by atoms with E-state index in [1.807, 2.05) is 0 Å². The molecule has 2 saturated carbocycles. The van der Waals surface area contributed by atoms with Gasteiger partial charge in [-0.2, -0.15) is 5.26 Å². The second-order valence-corrected chi connectivity index (χ2v) is 3.65. The molecule has 0 atom stereocenters. The molecule has 2 aliphatic rings. The van der Waals surface area contributed by atoms with Crippen LogP contribution in [0.25, 0.3) is 0 Å². The molecule has 0 amide bonds. The summed E-state index contributed by atoms with van der Waals surface area (Å²) in [6, 6.07) is 2.07. The fourth-order valence-corrected chi connectivity index (χ4v) is 1.34. The predicted octanol–water partition coefficient (Wildman–Crippen LogP) is 1.39. The third kappa shape index (κ3) is 1.08. The van der Waals surface area contributed by atoms with Crippen molar-refractivity contribution < 1.29 is 9.53 Å². The third-order valence-electron chi connectivity index (χ3n) is 2.61. The van der Waals surface area contributed by atoms with Crippen LogP contribution in [0, 0.1) is 16.7 Å². The van der Waals surface area contributed by atoms with Gasteiger partial charge in [-0.25, -0.2) is 0 Å². The van der Waals surface area contributed by atoms with Crippen LogP contribution in [0.5, 0.6) is 0 Å². The highest BCUT2D eigenvalue weighted by Gasteiger charge is 2.47. The number of hydrogen-bond donors (Lipinski definition) is 0. The molecule has 64 valence electrons. The van der Waals surface area contributed by atoms with E-state index >= 15 is 0 Å². The highest BCUT2D eigenvalue weighted by molar-refractivity contribution is 5.81. The highest BCUT2D eigenvalue weighted by Crippen LogP contribution is 2.42. The Morgan fingerprint density at radius 3 is 2.50 bits per heavy atom. The Balaban J connectivity index is 1.96. The van der Waals surface area contributed by atoms with E-state index in [0.29, 0.717) is 12.8 Å². The quantitative estimate of drug-likeness (QED) is 0.581. The maximum absolute atomic E-state index is 11.4. The Bertz CT molecular complexity index is 246. The van der Waals surface area contributed by atoms with Gasteiger partial charge in [0.1, 0.15) is 6.10 Å². The molecule has 2 aliphatic carbocycles. The largest absolute Gasteiger partial charge is 0.461 e. The zero-order chi connectivity index (χ0) is 8.60. The maximum atomic E-state index is 11.4. The minimum atomic E-state index is -0.761. The summed E-state index contributed by atoms with van der Waals surface area (Å²) in [5, 5.41) is 8.79. The first-order valence-corrected chi connectivity index (χ1v) is 4.39. The van der Waals surface area contributed by atoms with Crippen molar-refractivity contribution in [3.8, 4) is 6.07 Å². The molecule has 0 spiro atoms. The van der Waals surface area contributed by atoms with Gasteiger partial charge in [0, 0.05) is 0 Å². The fourth-order valence-electron chi connectivity index (χ4n) is 1.34. The second-order valence-electron chi connectivity index (χ2n) is 3.65. The molecule has 0 aromatic rings. The molecule has 0 aromatic carbocycles. The predicted molar refractivity (Wildman–Crippen MR) is 41.0 cm³/mol. The number of carbonyl (C=O) groups excluding carboxylic acids is 1. The fraction of sp³-hybridized carbons (Fsp3) is 0.778. The molecule has 0 N–H and O–H groups in total. The molecular formula is C9H11NO2. The number of carbonyl (C=O) groups is 1. The van der Waals surface area contributed by atoms with Crippen molar-refractivity contribution >= 4 is 5.97 Å². The van der Waals surface area contributed by atoms with Crippen molar-refractivity contribution in [3.63, 3.8) is 0 Å². The molecule has 12 heavy (non-hydrogen) atoms. The average Bonchev–Trinajstić information content (AvgIpc) is 2.70. The lowest BCUT2D eigenvalue weighted by molar-refractivity contribution is -0.158. The van der Waals surface area contributed by atoms with Gasteiger partial charge in [-0.15, -0.1) is 0 Å². The van der Waals surface area contributed by atoms with E-state index in [4.69, 9.17) is 10.00 Å². The molecule has 0 aromatic heterocycles. The summed E-state index contributed by atoms with van der Waals surface area (Å²) in [5.41, 5.74) is -0.761. The van der Waals surface area contributed by atoms with Crippen LogP contribution >= 0.6 is 0 Å². The van der Waals surface area contributed by atoms with Gasteiger partial charge < -0.3 is 4.74 Å². The first-order valence-electron chi connectivity index (χ1n) is 4.39. The third-order valence-corrected chi connectivity index (χ3v) is 2.61. The van der Waals surface area contributed by atoms with Crippen LogP contribution in [0.2, 0.25) is 0 Å². The number of esters is 1. The molecule has 3 nitrogen and oxygen atoms in total. The van der Waals surface area contributed by atoms with Crippen molar-refractivity contribution in [2.75, 3.05) is 0 Å². The van der Waals surface area contributed by atoms with E-state index in [1.165, 1.54) is 0 Å². The topological polar surface area (TPSA) is 50.1 Å². The standard InChI is InChI=1S/C9H11NO2/c10-6-9(4-1-5-9)8(11)12-7-2-3-7/h7H,1-5H2. The van der Waals surface area contributed by atoms with Crippen molar-refractivity contribution in [1.82, 2.24) is 0 Å². The van der Waals surface area contributed by atoms with E-state index in [2.05, 4.69) is 6.07 Å². The molecular weight excluding hydrogens is 154 g/mol. The number of ether oxygens (including phenoxy) is 1. The van der Waals surface area contributed by atoms with Crippen LogP contribution in [-0.4, -0.2) is 12.1 Å². The van der Waals surface area contributed by atoms with E-state index < -0.39 is 5.41 Å². The van der Waals surface area contributed by atoms with Gasteiger partial charge in [-0.1, -0.05) is 0 Å². The zero-order valence-electron chi connectivity index (χ0n) is 6.88. The summed E-state index contributed by atoms with van der Waals surface area (Å²) in [6.45, 7) is 0. The second kappa shape index (κ2) is 2.48. The summed E-state index contributed by atoms with van der Waals surface area (Å²) < 4.78 is 5.10. The molecule has 2 fully saturated rings. The van der Waals surface area contributed by atoms with Crippen molar-refractivity contribution in [3.05, 3.63) is 0 Å². The summed E-state index contributed by atoms with van der Waals surface area (Å²) in [4.78, 5) is 11.4. The van der Waals surface area contributed by atoms with Crippen molar-refractivity contribution in [2.24, 2.45) is 5.41 Å². The lowest BCUT2D eigenvalue weighted by Gasteiger charge is -2.32. The van der Waals surface area contributed by atoms with E-state index in [1.54, 1.807) is 0 Å². The Morgan fingerprint density at radius 1 is 1.50 bits per heavy atom. The molecule has 0 aliphatic heterocycles. The number of nitriles is 1. The summed E-state index contributed by atoms with van der Waals surface area (Å²) in [7, 11) is 0. The van der Waals surface area contributed by atoms with Gasteiger partial charge in [0.05, 0.1) is 6.07 Å². The first-order chi connectivity index (χ1) is 5.77. The Kier molecular flexibility index (Phi) is 1.57. The van der Waals surface area contributed by atoms with Crippen LogP contribution in [0.3, 0.4) is 0 Å². The Morgan fingerprint density at radius 2 is 2.17 bits per heavy atom. The number of nitrogens with zero attached hydrogens (tertiary/aromatic N) is 1. The summed E-state index contributed by atoms with van der Waals surface area (Å²) in [5.74, 6) is -0.279. The zero-order valence-corrected chi connectivity index (χ0v) is 6.88. The molecule has 0 radical (unpaired) electrons. The van der Waals surface area contributed by atoms with Gasteiger partial charge in [0.25, 0.3) is 0 Å². The van der Waals surface area contributed by atoms with E-state index in [9.17, 15) is 4.79 Å². The van der Waals surface area contributed by atoms with Crippen LogP contribution in [0.15, 0.2) is 0 Å². The van der Waals surface area contributed by atoms with Gasteiger partial charge in [0.15, 0.2) is 5.41 Å². The minimum Gasteiger partial charge on any atom is -0.461 e. The van der Waals surface area contributed by atoms with Crippen LogP contribution in [-0.2, 0) is 9.53 Å². The first kappa shape index (κ1) is 7.60. The summed E-state index contributed by atoms with van der Waals surface area (Å²) >= 11 is 0. The molecule has 3 heteroatoms. The summed E-state index contributed by atoms with van der Waals surface area (Å²) in [6.07, 6.45) is 4.45. The Hall–Kier alpha value is -1.04. The maximum Gasteiger partial charge on any atom is 0.326 e. The van der Waals surface area contributed by atoms with Gasteiger partial charge in [0.2, 0.25) is 0 Å². The minimum absolute atomic E-state index is 0.128. The van der Waals surface area contributed by atoms with Crippen LogP contribution < -0.4 is 0 Å². The van der Waals surface area contributed by atoms with E-state index in [0.717, 1.165) is 19.3 Å². The number of rotatable bonds is 2. The van der Waals surface area contributed by atoms with Crippen molar-refractivity contribution in [2.45, 2.75) is 38.2 Å². The highest BCUT2D eigenvalue weighted by atomic mass is 16.5. The average molecular weight is 165 g/mol. The van der Waals surface area contributed by atoms with Crippen molar-refractivity contribution in [1.29, 1.82) is 5.26 Å². The lowest BCUT2D eigenvalue weighted by atomic mass is 9.70. The number of hydrogen-bond acceptors (Lipinski definition) is 3.